The maximum Gasteiger partial charge on any atom is 0.245 e. The molecule has 0 aliphatic rings. The number of nitrogens with zero attached hydrogens (tertiary/aromatic N) is 4. The second-order valence-electron chi connectivity index (χ2n) is 4.33. The molecule has 0 bridgehead atoms. The molecule has 0 radical (unpaired) electrons. The number of rotatable bonds is 0. The van der Waals surface area contributed by atoms with Crippen LogP contribution in [0.15, 0.2) is 6.33 Å². The van der Waals surface area contributed by atoms with Gasteiger partial charge in [0.15, 0.2) is 5.65 Å². The van der Waals surface area contributed by atoms with Crippen molar-refractivity contribution in [1.82, 2.24) is 19.7 Å². The first-order chi connectivity index (χ1) is 6.91. The van der Waals surface area contributed by atoms with E-state index in [0.29, 0.717) is 5.65 Å². The van der Waals surface area contributed by atoms with Crippen molar-refractivity contribution in [3.63, 3.8) is 0 Å². The zero-order valence-electron chi connectivity index (χ0n) is 8.82. The van der Waals surface area contributed by atoms with E-state index in [1.165, 1.54) is 11.0 Å². The molecule has 2 rings (SSSR count). The number of hydrogen-bond donors (Lipinski definition) is 1. The Labute approximate surface area is 86.1 Å². The molecule has 2 aromatic rings. The topological polar surface area (TPSA) is 69.6 Å². The smallest absolute Gasteiger partial charge is 0.245 e. The highest BCUT2D eigenvalue weighted by Crippen LogP contribution is 2.24. The molecule has 0 unspecified atom stereocenters. The molecule has 6 heteroatoms. The Morgan fingerprint density at radius 3 is 2.60 bits per heavy atom. The van der Waals surface area contributed by atoms with E-state index in [1.807, 2.05) is 20.8 Å². The summed E-state index contributed by atoms with van der Waals surface area (Å²) in [5.74, 6) is -0.508. The van der Waals surface area contributed by atoms with Crippen LogP contribution in [0.5, 0.6) is 0 Å². The summed E-state index contributed by atoms with van der Waals surface area (Å²) in [7, 11) is 0. The van der Waals surface area contributed by atoms with Gasteiger partial charge in [0.05, 0.1) is 5.54 Å². The van der Waals surface area contributed by atoms with Gasteiger partial charge in [-0.3, -0.25) is 0 Å². The fraction of sp³-hybridized carbons (Fsp3) is 0.444. The van der Waals surface area contributed by atoms with Crippen molar-refractivity contribution in [3.05, 3.63) is 12.3 Å². The molecule has 0 atom stereocenters. The number of nitrogen functional groups attached to an aromatic ring is 1. The second kappa shape index (κ2) is 2.88. The molecule has 0 saturated heterocycles. The van der Waals surface area contributed by atoms with Gasteiger partial charge in [-0.1, -0.05) is 0 Å². The maximum absolute atomic E-state index is 13.5. The van der Waals surface area contributed by atoms with Crippen molar-refractivity contribution in [3.8, 4) is 0 Å². The largest absolute Gasteiger partial charge is 0.383 e. The lowest BCUT2D eigenvalue weighted by molar-refractivity contribution is 0.351. The third-order valence-corrected chi connectivity index (χ3v) is 2.09. The van der Waals surface area contributed by atoms with Crippen LogP contribution in [0.25, 0.3) is 11.0 Å². The summed E-state index contributed by atoms with van der Waals surface area (Å²) < 4.78 is 15.0. The first-order valence-corrected chi connectivity index (χ1v) is 4.56. The van der Waals surface area contributed by atoms with Crippen molar-refractivity contribution in [2.75, 3.05) is 5.73 Å². The van der Waals surface area contributed by atoms with Crippen molar-refractivity contribution in [2.24, 2.45) is 0 Å². The SMILES string of the molecule is CC(C)(C)n1nc(F)c2c(N)ncnc21. The van der Waals surface area contributed by atoms with Crippen LogP contribution in [-0.2, 0) is 5.54 Å². The summed E-state index contributed by atoms with van der Waals surface area (Å²) >= 11 is 0. The highest BCUT2D eigenvalue weighted by atomic mass is 19.1. The van der Waals surface area contributed by atoms with E-state index in [4.69, 9.17) is 5.73 Å². The van der Waals surface area contributed by atoms with Gasteiger partial charge in [0.2, 0.25) is 5.95 Å². The predicted molar refractivity (Wildman–Crippen MR) is 54.7 cm³/mol. The van der Waals surface area contributed by atoms with Gasteiger partial charge < -0.3 is 5.73 Å². The Kier molecular flexibility index (Phi) is 1.89. The van der Waals surface area contributed by atoms with Gasteiger partial charge in [-0.05, 0) is 20.8 Å². The summed E-state index contributed by atoms with van der Waals surface area (Å²) in [6, 6.07) is 0. The molecule has 0 fully saturated rings. The number of aromatic nitrogens is 4. The molecule has 0 spiro atoms. The van der Waals surface area contributed by atoms with E-state index in [2.05, 4.69) is 15.1 Å². The molecule has 2 N–H and O–H groups in total. The van der Waals surface area contributed by atoms with Gasteiger partial charge in [-0.25, -0.2) is 14.6 Å². The van der Waals surface area contributed by atoms with Gasteiger partial charge in [-0.15, -0.1) is 5.10 Å². The van der Waals surface area contributed by atoms with Crippen molar-refractivity contribution >= 4 is 16.9 Å². The predicted octanol–water partition coefficient (Wildman–Crippen LogP) is 1.30. The first kappa shape index (κ1) is 9.82. The number of nitrogens with two attached hydrogens (primary N) is 1. The maximum atomic E-state index is 13.5. The molecule has 0 aromatic carbocycles. The third kappa shape index (κ3) is 1.42. The average Bonchev–Trinajstić information content (AvgIpc) is 2.44. The molecule has 2 heterocycles. The molecular weight excluding hydrogens is 197 g/mol. The summed E-state index contributed by atoms with van der Waals surface area (Å²) in [4.78, 5) is 7.74. The lowest BCUT2D eigenvalue weighted by Gasteiger charge is -2.19. The van der Waals surface area contributed by atoms with Crippen LogP contribution < -0.4 is 5.73 Å². The van der Waals surface area contributed by atoms with Crippen LogP contribution in [0, 0.1) is 5.95 Å². The van der Waals surface area contributed by atoms with Crippen LogP contribution in [0.2, 0.25) is 0 Å². The highest BCUT2D eigenvalue weighted by Gasteiger charge is 2.22. The Balaban J connectivity index is 2.85. The number of anilines is 1. The lowest BCUT2D eigenvalue weighted by atomic mass is 10.1. The molecular formula is C9H12FN5. The number of halogens is 1. The summed E-state index contributed by atoms with van der Waals surface area (Å²) in [6.45, 7) is 5.74. The van der Waals surface area contributed by atoms with Crippen LogP contribution in [0.4, 0.5) is 10.2 Å². The molecule has 0 amide bonds. The standard InChI is InChI=1S/C9H12FN5/c1-9(2,3)15-8-5(6(10)14-15)7(11)12-4-13-8/h4H,1-3H3,(H2,11,12,13). The third-order valence-electron chi connectivity index (χ3n) is 2.09. The van der Waals surface area contributed by atoms with Gasteiger partial charge in [0.25, 0.3) is 0 Å². The van der Waals surface area contributed by atoms with E-state index in [9.17, 15) is 4.39 Å². The Morgan fingerprint density at radius 2 is 2.00 bits per heavy atom. The minimum Gasteiger partial charge on any atom is -0.383 e. The van der Waals surface area contributed by atoms with E-state index < -0.39 is 5.95 Å². The van der Waals surface area contributed by atoms with Gasteiger partial charge in [0, 0.05) is 0 Å². The van der Waals surface area contributed by atoms with E-state index in [0.717, 1.165) is 0 Å². The fourth-order valence-electron chi connectivity index (χ4n) is 1.40. The Morgan fingerprint density at radius 1 is 1.33 bits per heavy atom. The summed E-state index contributed by atoms with van der Waals surface area (Å²) in [5, 5.41) is 3.98. The zero-order chi connectivity index (χ0) is 11.2. The van der Waals surface area contributed by atoms with Crippen LogP contribution >= 0.6 is 0 Å². The van der Waals surface area contributed by atoms with Gasteiger partial charge >= 0.3 is 0 Å². The first-order valence-electron chi connectivity index (χ1n) is 4.56. The fourth-order valence-corrected chi connectivity index (χ4v) is 1.40. The molecule has 80 valence electrons. The quantitative estimate of drug-likeness (QED) is 0.710. The zero-order valence-corrected chi connectivity index (χ0v) is 8.82. The van der Waals surface area contributed by atoms with Gasteiger partial charge in [0.1, 0.15) is 17.5 Å². The minimum absolute atomic E-state index is 0.119. The second-order valence-corrected chi connectivity index (χ2v) is 4.33. The van der Waals surface area contributed by atoms with E-state index in [-0.39, 0.29) is 16.7 Å². The van der Waals surface area contributed by atoms with Crippen LogP contribution in [-0.4, -0.2) is 19.7 Å². The Hall–Kier alpha value is -1.72. The van der Waals surface area contributed by atoms with Crippen molar-refractivity contribution in [1.29, 1.82) is 0 Å². The molecule has 2 aromatic heterocycles. The summed E-state index contributed by atoms with van der Waals surface area (Å²) in [6.07, 6.45) is 1.31. The van der Waals surface area contributed by atoms with Crippen molar-refractivity contribution in [2.45, 2.75) is 26.3 Å². The molecule has 0 aliphatic carbocycles. The number of hydrogen-bond acceptors (Lipinski definition) is 4. The number of fused-ring (bicyclic) bond motifs is 1. The average molecular weight is 209 g/mol. The highest BCUT2D eigenvalue weighted by molar-refractivity contribution is 5.85. The molecule has 15 heavy (non-hydrogen) atoms. The monoisotopic (exact) mass is 209 g/mol. The van der Waals surface area contributed by atoms with E-state index in [1.54, 1.807) is 0 Å². The lowest BCUT2D eigenvalue weighted by Crippen LogP contribution is -2.23. The normalized spacial score (nSPS) is 12.3. The van der Waals surface area contributed by atoms with Crippen molar-refractivity contribution < 1.29 is 4.39 Å². The van der Waals surface area contributed by atoms with Gasteiger partial charge in [-0.2, -0.15) is 4.39 Å². The molecule has 0 saturated carbocycles. The van der Waals surface area contributed by atoms with Crippen LogP contribution in [0.1, 0.15) is 20.8 Å². The molecule has 0 aliphatic heterocycles. The van der Waals surface area contributed by atoms with E-state index >= 15 is 0 Å². The summed E-state index contributed by atoms with van der Waals surface area (Å²) in [5.41, 5.74) is 5.65. The Bertz CT molecular complexity index is 511. The minimum atomic E-state index is -0.627. The molecule has 5 nitrogen and oxygen atoms in total. The van der Waals surface area contributed by atoms with Crippen LogP contribution in [0.3, 0.4) is 0 Å².